The molecule has 0 bridgehead atoms. The molecule has 0 spiro atoms. The van der Waals surface area contributed by atoms with Gasteiger partial charge in [-0.3, -0.25) is 4.79 Å². The molecule has 3 nitrogen and oxygen atoms in total. The Labute approximate surface area is 127 Å². The summed E-state index contributed by atoms with van der Waals surface area (Å²) >= 11 is 0. The number of hydrogen-bond donors (Lipinski definition) is 0. The van der Waals surface area contributed by atoms with Gasteiger partial charge in [0.05, 0.1) is 7.11 Å². The van der Waals surface area contributed by atoms with E-state index in [2.05, 4.69) is 0 Å². The minimum absolute atomic E-state index is 0.0278. The lowest BCUT2D eigenvalue weighted by Gasteiger charge is -2.23. The van der Waals surface area contributed by atoms with Crippen LogP contribution in [-0.2, 0) is 11.2 Å². The number of amides is 1. The van der Waals surface area contributed by atoms with E-state index in [1.54, 1.807) is 13.2 Å². The number of carbonyl (C=O) groups is 1. The summed E-state index contributed by atoms with van der Waals surface area (Å²) in [6.07, 6.45) is -4.48. The molecule has 0 N–H and O–H groups in total. The Morgan fingerprint density at radius 2 is 1.95 bits per heavy atom. The fraction of sp³-hybridized carbons (Fsp3) is 0.438. The van der Waals surface area contributed by atoms with Crippen molar-refractivity contribution in [2.45, 2.75) is 26.4 Å². The molecule has 1 aromatic rings. The summed E-state index contributed by atoms with van der Waals surface area (Å²) in [6, 6.07) is 5.45. The number of rotatable bonds is 1. The molecule has 1 heterocycles. The zero-order valence-electron chi connectivity index (χ0n) is 12.8. The van der Waals surface area contributed by atoms with Crippen molar-refractivity contribution in [2.24, 2.45) is 0 Å². The highest BCUT2D eigenvalue weighted by atomic mass is 19.4. The average Bonchev–Trinajstić information content (AvgIpc) is 2.64. The van der Waals surface area contributed by atoms with Crippen molar-refractivity contribution in [1.82, 2.24) is 4.90 Å². The Balaban J connectivity index is 2.43. The maximum absolute atomic E-state index is 12.7. The molecule has 6 heteroatoms. The largest absolute Gasteiger partial charge is 0.497 e. The van der Waals surface area contributed by atoms with Gasteiger partial charge in [-0.15, -0.1) is 0 Å². The van der Waals surface area contributed by atoms with Crippen LogP contribution in [0.2, 0.25) is 0 Å². The van der Waals surface area contributed by atoms with Gasteiger partial charge in [0.15, 0.2) is 0 Å². The van der Waals surface area contributed by atoms with Gasteiger partial charge in [-0.2, -0.15) is 13.2 Å². The first-order chi connectivity index (χ1) is 10.2. The fourth-order valence-corrected chi connectivity index (χ4v) is 2.59. The molecule has 1 aromatic carbocycles. The number of ether oxygens (including phenoxy) is 1. The predicted molar refractivity (Wildman–Crippen MR) is 77.6 cm³/mol. The number of halogens is 3. The molecule has 120 valence electrons. The third-order valence-corrected chi connectivity index (χ3v) is 3.77. The minimum Gasteiger partial charge on any atom is -0.497 e. The molecule has 1 amide bonds. The predicted octanol–water partition coefficient (Wildman–Crippen LogP) is 3.44. The summed E-state index contributed by atoms with van der Waals surface area (Å²) < 4.78 is 43.3. The van der Waals surface area contributed by atoms with Crippen molar-refractivity contribution in [1.29, 1.82) is 0 Å². The second kappa shape index (κ2) is 6.02. The van der Waals surface area contributed by atoms with Crippen LogP contribution in [0, 0.1) is 0 Å². The third-order valence-electron chi connectivity index (χ3n) is 3.77. The molecule has 2 rings (SSSR count). The van der Waals surface area contributed by atoms with Gasteiger partial charge >= 0.3 is 12.1 Å². The van der Waals surface area contributed by atoms with Crippen LogP contribution in [0.25, 0.3) is 5.57 Å². The molecule has 0 unspecified atom stereocenters. The summed E-state index contributed by atoms with van der Waals surface area (Å²) in [7, 11) is 1.54. The van der Waals surface area contributed by atoms with Gasteiger partial charge in [-0.1, -0.05) is 11.6 Å². The molecule has 0 saturated heterocycles. The van der Waals surface area contributed by atoms with Gasteiger partial charge in [0.2, 0.25) is 0 Å². The number of hydrogen-bond acceptors (Lipinski definition) is 2. The number of benzene rings is 1. The van der Waals surface area contributed by atoms with E-state index in [-0.39, 0.29) is 13.1 Å². The van der Waals surface area contributed by atoms with Gasteiger partial charge < -0.3 is 9.64 Å². The second-order valence-electron chi connectivity index (χ2n) is 5.48. The highest BCUT2D eigenvalue weighted by Gasteiger charge is 2.43. The zero-order chi connectivity index (χ0) is 16.5. The van der Waals surface area contributed by atoms with Crippen LogP contribution in [0.3, 0.4) is 0 Å². The van der Waals surface area contributed by atoms with Crippen LogP contribution >= 0.6 is 0 Å². The summed E-state index contributed by atoms with van der Waals surface area (Å²) in [5.74, 6) is -1.13. The number of nitrogens with zero attached hydrogens (tertiary/aromatic N) is 1. The Bertz CT molecular complexity index is 616. The molecule has 1 aliphatic rings. The van der Waals surface area contributed by atoms with Gasteiger partial charge in [-0.05, 0) is 49.1 Å². The van der Waals surface area contributed by atoms with Crippen LogP contribution < -0.4 is 4.74 Å². The monoisotopic (exact) mass is 313 g/mol. The molecule has 0 fully saturated rings. The smallest absolute Gasteiger partial charge is 0.471 e. The second-order valence-corrected chi connectivity index (χ2v) is 5.48. The third kappa shape index (κ3) is 3.26. The van der Waals surface area contributed by atoms with Crippen molar-refractivity contribution in [3.63, 3.8) is 0 Å². The summed E-state index contributed by atoms with van der Waals surface area (Å²) in [6.45, 7) is 3.69. The lowest BCUT2D eigenvalue weighted by molar-refractivity contribution is -0.184. The standard InChI is InChI=1S/C16H18F3NO2/c1-10(2)14-9-20(15(21)16(17,18)19)7-6-11-8-12(22-3)4-5-13(11)14/h4-5,8H,6-7,9H2,1-3H3. The molecule has 0 aromatic heterocycles. The van der Waals surface area contributed by atoms with E-state index < -0.39 is 12.1 Å². The minimum atomic E-state index is -4.85. The lowest BCUT2D eigenvalue weighted by Crippen LogP contribution is -2.42. The highest BCUT2D eigenvalue weighted by molar-refractivity contribution is 5.85. The molecular formula is C16H18F3NO2. The van der Waals surface area contributed by atoms with E-state index >= 15 is 0 Å². The van der Waals surface area contributed by atoms with Crippen LogP contribution in [-0.4, -0.2) is 37.2 Å². The Morgan fingerprint density at radius 3 is 2.50 bits per heavy atom. The normalized spacial score (nSPS) is 15.2. The topological polar surface area (TPSA) is 29.5 Å². The van der Waals surface area contributed by atoms with Crippen molar-refractivity contribution in [3.05, 3.63) is 34.9 Å². The first-order valence-corrected chi connectivity index (χ1v) is 6.93. The van der Waals surface area contributed by atoms with Gasteiger partial charge in [0, 0.05) is 13.1 Å². The number of fused-ring (bicyclic) bond motifs is 1. The number of allylic oxidation sites excluding steroid dienone is 1. The molecule has 22 heavy (non-hydrogen) atoms. The quantitative estimate of drug-likeness (QED) is 0.795. The molecule has 0 aliphatic carbocycles. The Kier molecular flexibility index (Phi) is 4.49. The van der Waals surface area contributed by atoms with Crippen molar-refractivity contribution in [3.8, 4) is 5.75 Å². The van der Waals surface area contributed by atoms with E-state index in [4.69, 9.17) is 4.74 Å². The molecule has 1 aliphatic heterocycles. The SMILES string of the molecule is COc1ccc2c(c1)CCN(C(=O)C(F)(F)F)CC2=C(C)C. The van der Waals surface area contributed by atoms with Gasteiger partial charge in [-0.25, -0.2) is 0 Å². The Hall–Kier alpha value is -1.98. The van der Waals surface area contributed by atoms with Crippen LogP contribution in [0.4, 0.5) is 13.2 Å². The fourth-order valence-electron chi connectivity index (χ4n) is 2.59. The average molecular weight is 313 g/mol. The Morgan fingerprint density at radius 1 is 1.27 bits per heavy atom. The highest BCUT2D eigenvalue weighted by Crippen LogP contribution is 2.31. The maximum atomic E-state index is 12.7. The maximum Gasteiger partial charge on any atom is 0.471 e. The van der Waals surface area contributed by atoms with E-state index in [0.29, 0.717) is 12.2 Å². The van der Waals surface area contributed by atoms with Crippen molar-refractivity contribution < 1.29 is 22.7 Å². The summed E-state index contributed by atoms with van der Waals surface area (Å²) in [5, 5.41) is 0. The molecule has 0 atom stereocenters. The molecule has 0 radical (unpaired) electrons. The molecule has 0 saturated carbocycles. The zero-order valence-corrected chi connectivity index (χ0v) is 12.8. The van der Waals surface area contributed by atoms with Gasteiger partial charge in [0.25, 0.3) is 0 Å². The molecular weight excluding hydrogens is 295 g/mol. The first kappa shape index (κ1) is 16.4. The van der Waals surface area contributed by atoms with Crippen LogP contribution in [0.5, 0.6) is 5.75 Å². The van der Waals surface area contributed by atoms with E-state index in [9.17, 15) is 18.0 Å². The summed E-state index contributed by atoms with van der Waals surface area (Å²) in [4.78, 5) is 12.4. The number of carbonyl (C=O) groups excluding carboxylic acids is 1. The van der Waals surface area contributed by atoms with Crippen molar-refractivity contribution in [2.75, 3.05) is 20.2 Å². The van der Waals surface area contributed by atoms with Gasteiger partial charge in [0.1, 0.15) is 5.75 Å². The van der Waals surface area contributed by atoms with E-state index in [1.165, 1.54) is 0 Å². The van der Waals surface area contributed by atoms with Crippen molar-refractivity contribution >= 4 is 11.5 Å². The number of methoxy groups -OCH3 is 1. The lowest BCUT2D eigenvalue weighted by atomic mass is 9.96. The van der Waals surface area contributed by atoms with E-state index in [1.807, 2.05) is 26.0 Å². The van der Waals surface area contributed by atoms with Crippen LogP contribution in [0.15, 0.2) is 23.8 Å². The summed E-state index contributed by atoms with van der Waals surface area (Å²) in [5.41, 5.74) is 3.44. The van der Waals surface area contributed by atoms with E-state index in [0.717, 1.165) is 27.2 Å². The number of alkyl halides is 3. The van der Waals surface area contributed by atoms with Crippen LogP contribution in [0.1, 0.15) is 25.0 Å². The first-order valence-electron chi connectivity index (χ1n) is 6.93.